The number of benzene rings is 1. The van der Waals surface area contributed by atoms with Crippen molar-refractivity contribution >= 4 is 22.4 Å². The van der Waals surface area contributed by atoms with Crippen LogP contribution in [-0.4, -0.2) is 65.4 Å². The lowest BCUT2D eigenvalue weighted by Gasteiger charge is -2.34. The van der Waals surface area contributed by atoms with E-state index in [4.69, 9.17) is 18.7 Å². The van der Waals surface area contributed by atoms with Crippen LogP contribution in [0.25, 0.3) is 11.4 Å². The van der Waals surface area contributed by atoms with E-state index in [9.17, 15) is 4.79 Å². The van der Waals surface area contributed by atoms with Crippen molar-refractivity contribution in [2.24, 2.45) is 0 Å². The van der Waals surface area contributed by atoms with Gasteiger partial charge in [0.1, 0.15) is 0 Å². The van der Waals surface area contributed by atoms with E-state index < -0.39 is 0 Å². The van der Waals surface area contributed by atoms with E-state index in [-0.39, 0.29) is 24.5 Å². The molecule has 34 heavy (non-hydrogen) atoms. The molecule has 3 heterocycles. The fraction of sp³-hybridized carbons (Fsp3) is 0.478. The monoisotopic (exact) mass is 487 g/mol. The lowest BCUT2D eigenvalue weighted by molar-refractivity contribution is -0.116. The Hall–Kier alpha value is -3.02. The van der Waals surface area contributed by atoms with Crippen LogP contribution in [0, 0.1) is 0 Å². The molecule has 1 fully saturated rings. The summed E-state index contributed by atoms with van der Waals surface area (Å²) in [6, 6.07) is 5.37. The Morgan fingerprint density at radius 1 is 1.18 bits per heavy atom. The van der Waals surface area contributed by atoms with Gasteiger partial charge in [-0.2, -0.15) is 4.98 Å². The van der Waals surface area contributed by atoms with Crippen molar-refractivity contribution < 1.29 is 23.5 Å². The Morgan fingerprint density at radius 2 is 1.94 bits per heavy atom. The number of hydrogen-bond acceptors (Lipinski definition) is 10. The first-order valence-corrected chi connectivity index (χ1v) is 12.0. The van der Waals surface area contributed by atoms with Crippen LogP contribution in [0.5, 0.6) is 11.5 Å². The first kappa shape index (κ1) is 24.1. The Morgan fingerprint density at radius 3 is 2.68 bits per heavy atom. The van der Waals surface area contributed by atoms with Crippen LogP contribution in [0.3, 0.4) is 0 Å². The molecule has 0 aliphatic carbocycles. The zero-order valence-electron chi connectivity index (χ0n) is 19.7. The summed E-state index contributed by atoms with van der Waals surface area (Å²) >= 11 is 1.42. The van der Waals surface area contributed by atoms with Gasteiger partial charge in [0, 0.05) is 43.4 Å². The Labute approximate surface area is 202 Å². The van der Waals surface area contributed by atoms with E-state index in [1.165, 1.54) is 11.3 Å². The minimum absolute atomic E-state index is 0.152. The molecule has 1 N–H and O–H groups in total. The highest BCUT2D eigenvalue weighted by Gasteiger charge is 2.23. The van der Waals surface area contributed by atoms with Crippen molar-refractivity contribution in [2.75, 3.05) is 32.6 Å². The quantitative estimate of drug-likeness (QED) is 0.485. The number of methoxy groups -OCH3 is 2. The van der Waals surface area contributed by atoms with Crippen LogP contribution < -0.4 is 14.8 Å². The van der Waals surface area contributed by atoms with E-state index in [0.29, 0.717) is 34.8 Å². The third-order valence-corrected chi connectivity index (χ3v) is 6.16. The molecule has 4 rings (SSSR count). The molecular weight excluding hydrogens is 458 g/mol. The molecular formula is C23H29N5O5S. The average Bonchev–Trinajstić information content (AvgIpc) is 3.46. The van der Waals surface area contributed by atoms with E-state index in [2.05, 4.69) is 39.2 Å². The van der Waals surface area contributed by atoms with E-state index in [1.54, 1.807) is 26.4 Å². The second kappa shape index (κ2) is 10.9. The number of thiazole rings is 1. The number of aromatic nitrogens is 3. The van der Waals surface area contributed by atoms with Crippen LogP contribution in [-0.2, 0) is 22.5 Å². The summed E-state index contributed by atoms with van der Waals surface area (Å²) in [5.41, 5.74) is 1.68. The molecule has 0 bridgehead atoms. The normalized spacial score (nSPS) is 18.6. The summed E-state index contributed by atoms with van der Waals surface area (Å²) in [6.07, 6.45) is 0.951. The van der Waals surface area contributed by atoms with Crippen molar-refractivity contribution in [1.82, 2.24) is 20.0 Å². The van der Waals surface area contributed by atoms with Gasteiger partial charge in [0.15, 0.2) is 16.6 Å². The smallest absolute Gasteiger partial charge is 0.227 e. The maximum Gasteiger partial charge on any atom is 0.227 e. The molecule has 1 aromatic carbocycles. The van der Waals surface area contributed by atoms with Crippen molar-refractivity contribution in [1.29, 1.82) is 0 Å². The number of amides is 1. The number of carbonyl (C=O) groups excluding carboxylic acids is 1. The molecule has 0 radical (unpaired) electrons. The SMILES string of the molecule is COc1ccc(-c2noc(CCC(=O)Nc3nc(CN4CC(C)OC(C)C4)cs3)n2)cc1OC. The molecule has 1 aliphatic rings. The summed E-state index contributed by atoms with van der Waals surface area (Å²) in [7, 11) is 3.14. The van der Waals surface area contributed by atoms with E-state index >= 15 is 0 Å². The predicted octanol–water partition coefficient (Wildman–Crippen LogP) is 3.39. The maximum absolute atomic E-state index is 12.4. The first-order valence-electron chi connectivity index (χ1n) is 11.1. The molecule has 1 saturated heterocycles. The van der Waals surface area contributed by atoms with Gasteiger partial charge in [-0.15, -0.1) is 11.3 Å². The molecule has 182 valence electrons. The molecule has 2 atom stereocenters. The summed E-state index contributed by atoms with van der Waals surface area (Å²) in [5, 5.41) is 9.44. The van der Waals surface area contributed by atoms with Crippen LogP contribution >= 0.6 is 11.3 Å². The second-order valence-electron chi connectivity index (χ2n) is 8.23. The molecule has 1 amide bonds. The zero-order chi connectivity index (χ0) is 24.1. The Balaban J connectivity index is 1.28. The van der Waals surface area contributed by atoms with E-state index in [0.717, 1.165) is 30.9 Å². The average molecular weight is 488 g/mol. The third kappa shape index (κ3) is 6.10. The van der Waals surface area contributed by atoms with Gasteiger partial charge in [-0.25, -0.2) is 4.98 Å². The Bertz CT molecular complexity index is 1110. The van der Waals surface area contributed by atoms with Gasteiger partial charge in [0.2, 0.25) is 17.6 Å². The molecule has 0 saturated carbocycles. The van der Waals surface area contributed by atoms with Gasteiger partial charge in [0.05, 0.1) is 32.1 Å². The number of carbonyl (C=O) groups is 1. The lowest BCUT2D eigenvalue weighted by Crippen LogP contribution is -2.44. The van der Waals surface area contributed by atoms with Gasteiger partial charge in [-0.3, -0.25) is 9.69 Å². The number of nitrogens with zero attached hydrogens (tertiary/aromatic N) is 4. The highest BCUT2D eigenvalue weighted by atomic mass is 32.1. The Kier molecular flexibility index (Phi) is 7.76. The minimum Gasteiger partial charge on any atom is -0.493 e. The lowest BCUT2D eigenvalue weighted by atomic mass is 10.2. The van der Waals surface area contributed by atoms with Gasteiger partial charge in [0.25, 0.3) is 0 Å². The van der Waals surface area contributed by atoms with Gasteiger partial charge in [-0.05, 0) is 32.0 Å². The van der Waals surface area contributed by atoms with Crippen molar-refractivity contribution in [3.8, 4) is 22.9 Å². The number of rotatable bonds is 9. The number of ether oxygens (including phenoxy) is 3. The van der Waals surface area contributed by atoms with Crippen LogP contribution in [0.15, 0.2) is 28.1 Å². The minimum atomic E-state index is -0.152. The maximum atomic E-state index is 12.4. The molecule has 3 aromatic rings. The van der Waals surface area contributed by atoms with Gasteiger partial charge >= 0.3 is 0 Å². The number of hydrogen-bond donors (Lipinski definition) is 1. The number of aryl methyl sites for hydroxylation is 1. The second-order valence-corrected chi connectivity index (χ2v) is 9.08. The number of anilines is 1. The summed E-state index contributed by atoms with van der Waals surface area (Å²) < 4.78 is 21.7. The largest absolute Gasteiger partial charge is 0.493 e. The highest BCUT2D eigenvalue weighted by molar-refractivity contribution is 7.13. The van der Waals surface area contributed by atoms with Crippen molar-refractivity contribution in [3.05, 3.63) is 35.2 Å². The third-order valence-electron chi connectivity index (χ3n) is 5.35. The fourth-order valence-electron chi connectivity index (χ4n) is 3.93. The summed E-state index contributed by atoms with van der Waals surface area (Å²) in [4.78, 5) is 23.7. The summed E-state index contributed by atoms with van der Waals surface area (Å²) in [6.45, 7) is 6.65. The van der Waals surface area contributed by atoms with Gasteiger partial charge in [-0.1, -0.05) is 5.16 Å². The zero-order valence-corrected chi connectivity index (χ0v) is 20.6. The van der Waals surface area contributed by atoms with Crippen molar-refractivity contribution in [3.63, 3.8) is 0 Å². The topological polar surface area (TPSA) is 112 Å². The molecule has 0 spiro atoms. The summed E-state index contributed by atoms with van der Waals surface area (Å²) in [5.74, 6) is 1.85. The highest BCUT2D eigenvalue weighted by Crippen LogP contribution is 2.31. The van der Waals surface area contributed by atoms with Crippen LogP contribution in [0.1, 0.15) is 31.9 Å². The van der Waals surface area contributed by atoms with Crippen LogP contribution in [0.4, 0.5) is 5.13 Å². The first-order chi connectivity index (χ1) is 16.4. The molecule has 1 aliphatic heterocycles. The molecule has 2 unspecified atom stereocenters. The number of nitrogens with one attached hydrogen (secondary N) is 1. The van der Waals surface area contributed by atoms with Crippen molar-refractivity contribution in [2.45, 2.75) is 45.4 Å². The predicted molar refractivity (Wildman–Crippen MR) is 127 cm³/mol. The molecule has 11 heteroatoms. The number of morpholine rings is 1. The standard InChI is InChI=1S/C23H29N5O5S/c1-14-10-28(11-15(2)32-14)12-17-13-34-23(24-17)25-20(29)7-8-21-26-22(27-33-21)16-5-6-18(30-3)19(9-16)31-4/h5-6,9,13-15H,7-8,10-12H2,1-4H3,(H,24,25,29). The molecule has 2 aromatic heterocycles. The molecule has 10 nitrogen and oxygen atoms in total. The van der Waals surface area contributed by atoms with Crippen LogP contribution in [0.2, 0.25) is 0 Å². The van der Waals surface area contributed by atoms with E-state index in [1.807, 2.05) is 11.4 Å². The fourth-order valence-corrected chi connectivity index (χ4v) is 4.65. The van der Waals surface area contributed by atoms with Gasteiger partial charge < -0.3 is 24.1 Å².